The molecule has 1 aromatic heterocycles. The molecule has 2 amide bonds. The fourth-order valence-electron chi connectivity index (χ4n) is 4.38. The molecule has 0 saturated carbocycles. The average molecular weight is 422 g/mol. The Hall–Kier alpha value is -1.71. The third kappa shape index (κ3) is 5.26. The smallest absolute Gasteiger partial charge is 0.263 e. The molecular formula is C20H31N5O3S. The van der Waals surface area contributed by atoms with E-state index in [-0.39, 0.29) is 11.8 Å². The molecule has 3 aliphatic heterocycles. The van der Waals surface area contributed by atoms with Crippen LogP contribution in [0.4, 0.5) is 5.13 Å². The van der Waals surface area contributed by atoms with Gasteiger partial charge in [-0.2, -0.15) is 0 Å². The third-order valence-corrected chi connectivity index (χ3v) is 7.13. The number of thiazole rings is 1. The SMILES string of the molecule is O=C(NCCCN1CCCC1=O)c1cnc(N2CCC(N3CCOCC3)CC2)s1. The summed E-state index contributed by atoms with van der Waals surface area (Å²) in [4.78, 5) is 35.9. The molecule has 0 spiro atoms. The molecule has 0 aliphatic carbocycles. The predicted molar refractivity (Wildman–Crippen MR) is 113 cm³/mol. The van der Waals surface area contributed by atoms with Gasteiger partial charge in [0.1, 0.15) is 4.88 Å². The van der Waals surface area contributed by atoms with Gasteiger partial charge in [0.05, 0.1) is 19.4 Å². The van der Waals surface area contributed by atoms with Crippen molar-refractivity contribution in [2.45, 2.75) is 38.1 Å². The molecule has 0 unspecified atom stereocenters. The van der Waals surface area contributed by atoms with Gasteiger partial charge in [-0.05, 0) is 25.7 Å². The summed E-state index contributed by atoms with van der Waals surface area (Å²) in [6, 6.07) is 0.639. The van der Waals surface area contributed by atoms with Crippen LogP contribution in [0, 0.1) is 0 Å². The summed E-state index contributed by atoms with van der Waals surface area (Å²) >= 11 is 1.47. The molecular weight excluding hydrogens is 390 g/mol. The van der Waals surface area contributed by atoms with E-state index in [0.29, 0.717) is 23.9 Å². The van der Waals surface area contributed by atoms with Crippen LogP contribution >= 0.6 is 11.3 Å². The minimum atomic E-state index is -0.0651. The van der Waals surface area contributed by atoms with E-state index >= 15 is 0 Å². The zero-order chi connectivity index (χ0) is 20.1. The van der Waals surface area contributed by atoms with E-state index in [2.05, 4.69) is 20.1 Å². The van der Waals surface area contributed by atoms with E-state index in [1.807, 2.05) is 4.90 Å². The van der Waals surface area contributed by atoms with E-state index in [4.69, 9.17) is 4.74 Å². The zero-order valence-corrected chi connectivity index (χ0v) is 17.8. The van der Waals surface area contributed by atoms with Gasteiger partial charge in [-0.25, -0.2) is 4.98 Å². The van der Waals surface area contributed by atoms with Gasteiger partial charge in [0.2, 0.25) is 5.91 Å². The molecule has 160 valence electrons. The van der Waals surface area contributed by atoms with Crippen LogP contribution in [0.5, 0.6) is 0 Å². The Morgan fingerprint density at radius 2 is 2.00 bits per heavy atom. The van der Waals surface area contributed by atoms with E-state index in [1.165, 1.54) is 11.3 Å². The van der Waals surface area contributed by atoms with Crippen molar-refractivity contribution >= 4 is 28.3 Å². The number of carbonyl (C=O) groups excluding carboxylic acids is 2. The summed E-state index contributed by atoms with van der Waals surface area (Å²) in [5.41, 5.74) is 0. The molecule has 0 aromatic carbocycles. The largest absolute Gasteiger partial charge is 0.379 e. The molecule has 29 heavy (non-hydrogen) atoms. The molecule has 3 saturated heterocycles. The number of amides is 2. The van der Waals surface area contributed by atoms with Crippen LogP contribution < -0.4 is 10.2 Å². The minimum Gasteiger partial charge on any atom is -0.379 e. The summed E-state index contributed by atoms with van der Waals surface area (Å²) in [5, 5.41) is 3.90. The maximum absolute atomic E-state index is 12.4. The maximum Gasteiger partial charge on any atom is 0.263 e. The lowest BCUT2D eigenvalue weighted by Gasteiger charge is -2.40. The summed E-state index contributed by atoms with van der Waals surface area (Å²) in [6.07, 6.45) is 6.37. The van der Waals surface area contributed by atoms with Gasteiger partial charge >= 0.3 is 0 Å². The van der Waals surface area contributed by atoms with Crippen LogP contribution in [0.25, 0.3) is 0 Å². The summed E-state index contributed by atoms with van der Waals surface area (Å²) in [7, 11) is 0. The Morgan fingerprint density at radius 1 is 1.21 bits per heavy atom. The lowest BCUT2D eigenvalue weighted by atomic mass is 10.0. The van der Waals surface area contributed by atoms with Crippen molar-refractivity contribution in [3.8, 4) is 0 Å². The molecule has 3 aliphatic rings. The van der Waals surface area contributed by atoms with Crippen molar-refractivity contribution in [1.29, 1.82) is 0 Å². The second-order valence-corrected chi connectivity index (χ2v) is 8.98. The van der Waals surface area contributed by atoms with Gasteiger partial charge in [-0.3, -0.25) is 14.5 Å². The number of hydrogen-bond donors (Lipinski definition) is 1. The van der Waals surface area contributed by atoms with Crippen LogP contribution in [0.15, 0.2) is 6.20 Å². The molecule has 1 aromatic rings. The number of carbonyl (C=O) groups is 2. The predicted octanol–water partition coefficient (Wildman–Crippen LogP) is 1.19. The fourth-order valence-corrected chi connectivity index (χ4v) is 5.26. The first-order valence-electron chi connectivity index (χ1n) is 10.8. The number of rotatable bonds is 7. The van der Waals surface area contributed by atoms with Gasteiger partial charge in [-0.15, -0.1) is 0 Å². The van der Waals surface area contributed by atoms with Crippen molar-refractivity contribution in [3.63, 3.8) is 0 Å². The molecule has 9 heteroatoms. The maximum atomic E-state index is 12.4. The van der Waals surface area contributed by atoms with E-state index in [0.717, 1.165) is 83.3 Å². The summed E-state index contributed by atoms with van der Waals surface area (Å²) in [6.45, 7) is 7.91. The summed E-state index contributed by atoms with van der Waals surface area (Å²) in [5.74, 6) is 0.172. The van der Waals surface area contributed by atoms with Crippen LogP contribution in [-0.2, 0) is 9.53 Å². The Kier molecular flexibility index (Phi) is 6.99. The van der Waals surface area contributed by atoms with E-state index in [1.54, 1.807) is 6.20 Å². The molecule has 0 atom stereocenters. The summed E-state index contributed by atoms with van der Waals surface area (Å²) < 4.78 is 5.46. The van der Waals surface area contributed by atoms with Crippen molar-refractivity contribution in [2.24, 2.45) is 0 Å². The number of likely N-dealkylation sites (tertiary alicyclic amines) is 1. The second kappa shape index (κ2) is 9.86. The highest BCUT2D eigenvalue weighted by molar-refractivity contribution is 7.17. The van der Waals surface area contributed by atoms with Crippen LogP contribution in [0.3, 0.4) is 0 Å². The van der Waals surface area contributed by atoms with E-state index < -0.39 is 0 Å². The Labute approximate surface area is 176 Å². The zero-order valence-electron chi connectivity index (χ0n) is 17.0. The second-order valence-electron chi connectivity index (χ2n) is 7.97. The first kappa shape index (κ1) is 20.6. The highest BCUT2D eigenvalue weighted by atomic mass is 32.1. The standard InChI is InChI=1S/C20H31N5O3S/c26-18-3-1-7-24(18)8-2-6-21-19(27)17-15-22-20(29-17)25-9-4-16(5-10-25)23-11-13-28-14-12-23/h15-16H,1-14H2,(H,21,27). The lowest BCUT2D eigenvalue weighted by Crippen LogP contribution is -2.49. The number of anilines is 1. The normalized spacial score (nSPS) is 21.7. The number of nitrogens with one attached hydrogen (secondary N) is 1. The third-order valence-electron chi connectivity index (χ3n) is 6.08. The highest BCUT2D eigenvalue weighted by Gasteiger charge is 2.27. The number of nitrogens with zero attached hydrogens (tertiary/aromatic N) is 4. The number of ether oxygens (including phenoxy) is 1. The average Bonchev–Trinajstić information content (AvgIpc) is 3.41. The van der Waals surface area contributed by atoms with Crippen LogP contribution in [0.2, 0.25) is 0 Å². The molecule has 4 heterocycles. The Balaban J connectivity index is 1.19. The number of piperidine rings is 1. The number of morpholine rings is 1. The minimum absolute atomic E-state index is 0.0651. The van der Waals surface area contributed by atoms with Crippen molar-refractivity contribution in [2.75, 3.05) is 63.9 Å². The molecule has 1 N–H and O–H groups in total. The van der Waals surface area contributed by atoms with Gasteiger partial charge in [0.25, 0.3) is 5.91 Å². The topological polar surface area (TPSA) is 78.0 Å². The molecule has 4 rings (SSSR count). The first-order chi connectivity index (χ1) is 14.2. The molecule has 0 bridgehead atoms. The lowest BCUT2D eigenvalue weighted by molar-refractivity contribution is -0.127. The van der Waals surface area contributed by atoms with E-state index in [9.17, 15) is 9.59 Å². The Morgan fingerprint density at radius 3 is 2.72 bits per heavy atom. The van der Waals surface area contributed by atoms with Crippen molar-refractivity contribution in [3.05, 3.63) is 11.1 Å². The van der Waals surface area contributed by atoms with Gasteiger partial charge in [0.15, 0.2) is 5.13 Å². The fraction of sp³-hybridized carbons (Fsp3) is 0.750. The number of aromatic nitrogens is 1. The van der Waals surface area contributed by atoms with Crippen molar-refractivity contribution < 1.29 is 14.3 Å². The van der Waals surface area contributed by atoms with Crippen LogP contribution in [0.1, 0.15) is 41.8 Å². The monoisotopic (exact) mass is 421 g/mol. The van der Waals surface area contributed by atoms with Gasteiger partial charge in [0, 0.05) is 58.3 Å². The first-order valence-corrected chi connectivity index (χ1v) is 11.6. The van der Waals surface area contributed by atoms with Gasteiger partial charge in [-0.1, -0.05) is 11.3 Å². The molecule has 3 fully saturated rings. The highest BCUT2D eigenvalue weighted by Crippen LogP contribution is 2.27. The van der Waals surface area contributed by atoms with Crippen molar-refractivity contribution in [1.82, 2.24) is 20.1 Å². The van der Waals surface area contributed by atoms with Gasteiger partial charge < -0.3 is 19.9 Å². The number of hydrogen-bond acceptors (Lipinski definition) is 7. The molecule has 0 radical (unpaired) electrons. The Bertz CT molecular complexity index is 698. The van der Waals surface area contributed by atoms with Crippen LogP contribution in [-0.4, -0.2) is 91.7 Å². The molecule has 8 nitrogen and oxygen atoms in total. The quantitative estimate of drug-likeness (QED) is 0.667.